The summed E-state index contributed by atoms with van der Waals surface area (Å²) >= 11 is 0. The fourth-order valence-corrected chi connectivity index (χ4v) is 2.74. The third kappa shape index (κ3) is 3.21. The Morgan fingerprint density at radius 1 is 1.04 bits per heavy atom. The summed E-state index contributed by atoms with van der Waals surface area (Å²) in [5.74, 6) is 0.167. The lowest BCUT2D eigenvalue weighted by atomic mass is 10.1. The van der Waals surface area contributed by atoms with Crippen LogP contribution in [0.25, 0.3) is 21.8 Å². The van der Waals surface area contributed by atoms with E-state index in [1.54, 1.807) is 18.2 Å². The zero-order valence-corrected chi connectivity index (χ0v) is 13.1. The first-order chi connectivity index (χ1) is 12.4. The summed E-state index contributed by atoms with van der Waals surface area (Å²) in [5, 5.41) is 14.5. The highest BCUT2D eigenvalue weighted by atomic mass is 19.4. The predicted molar refractivity (Wildman–Crippen MR) is 91.7 cm³/mol. The van der Waals surface area contributed by atoms with Gasteiger partial charge in [0, 0.05) is 17.1 Å². The number of rotatable bonds is 3. The second kappa shape index (κ2) is 5.83. The summed E-state index contributed by atoms with van der Waals surface area (Å²) in [6.45, 7) is 0. The van der Waals surface area contributed by atoms with Crippen LogP contribution in [-0.2, 0) is 0 Å². The van der Waals surface area contributed by atoms with Crippen LogP contribution >= 0.6 is 0 Å². The minimum Gasteiger partial charge on any atom is -0.508 e. The number of alkyl halides is 3. The normalized spacial score (nSPS) is 11.8. The Labute approximate surface area is 145 Å². The van der Waals surface area contributed by atoms with Crippen LogP contribution in [0.15, 0.2) is 54.6 Å². The molecule has 0 radical (unpaired) electrons. The summed E-state index contributed by atoms with van der Waals surface area (Å²) in [7, 11) is 0. The van der Waals surface area contributed by atoms with E-state index < -0.39 is 6.36 Å². The number of nitrogens with one attached hydrogen (secondary N) is 2. The number of hydrogen-bond donors (Lipinski definition) is 3. The van der Waals surface area contributed by atoms with Crippen molar-refractivity contribution in [3.63, 3.8) is 0 Å². The van der Waals surface area contributed by atoms with Crippen molar-refractivity contribution >= 4 is 33.4 Å². The van der Waals surface area contributed by atoms with Gasteiger partial charge in [-0.3, -0.25) is 0 Å². The molecule has 0 aliphatic rings. The third-order valence-electron chi connectivity index (χ3n) is 3.81. The molecule has 0 aliphatic carbocycles. The highest BCUT2D eigenvalue weighted by molar-refractivity contribution is 5.96. The molecule has 0 spiro atoms. The fraction of sp³-hybridized carbons (Fsp3) is 0.0556. The SMILES string of the molecule is Oc1ccc2cccc(Nc3nc4ccc(OC(F)(F)F)cc4[nH]3)c2c1. The number of aromatic nitrogens is 2. The van der Waals surface area contributed by atoms with Gasteiger partial charge in [-0.1, -0.05) is 18.2 Å². The lowest BCUT2D eigenvalue weighted by molar-refractivity contribution is -0.274. The number of benzene rings is 3. The number of hydrogen-bond acceptors (Lipinski definition) is 4. The molecule has 26 heavy (non-hydrogen) atoms. The molecule has 0 atom stereocenters. The molecular formula is C18H12F3N3O2. The van der Waals surface area contributed by atoms with E-state index in [4.69, 9.17) is 0 Å². The van der Waals surface area contributed by atoms with Crippen LogP contribution in [0.1, 0.15) is 0 Å². The molecule has 0 fully saturated rings. The van der Waals surface area contributed by atoms with E-state index in [0.717, 1.165) is 10.8 Å². The molecule has 1 heterocycles. The van der Waals surface area contributed by atoms with Crippen molar-refractivity contribution in [2.75, 3.05) is 5.32 Å². The van der Waals surface area contributed by atoms with Gasteiger partial charge in [-0.25, -0.2) is 4.98 Å². The standard InChI is InChI=1S/C18H12F3N3O2/c19-18(20,21)26-12-6-7-15-16(9-12)24-17(23-15)22-14-3-1-2-10-4-5-11(25)8-13(10)14/h1-9,25H,(H2,22,23,24). The van der Waals surface area contributed by atoms with Gasteiger partial charge >= 0.3 is 6.36 Å². The maximum Gasteiger partial charge on any atom is 0.573 e. The molecule has 0 saturated carbocycles. The van der Waals surface area contributed by atoms with E-state index in [0.29, 0.717) is 22.7 Å². The highest BCUT2D eigenvalue weighted by Crippen LogP contribution is 2.30. The van der Waals surface area contributed by atoms with Crippen LogP contribution in [0.5, 0.6) is 11.5 Å². The summed E-state index contributed by atoms with van der Waals surface area (Å²) in [6, 6.07) is 14.4. The van der Waals surface area contributed by atoms with Crippen molar-refractivity contribution in [2.24, 2.45) is 0 Å². The number of ether oxygens (including phenoxy) is 1. The van der Waals surface area contributed by atoms with E-state index in [-0.39, 0.29) is 11.5 Å². The average Bonchev–Trinajstić information content (AvgIpc) is 2.95. The Bertz CT molecular complexity index is 1110. The van der Waals surface area contributed by atoms with Crippen LogP contribution in [0, 0.1) is 0 Å². The number of phenols is 1. The van der Waals surface area contributed by atoms with Crippen molar-refractivity contribution < 1.29 is 23.0 Å². The van der Waals surface area contributed by atoms with Gasteiger partial charge in [0.15, 0.2) is 0 Å². The van der Waals surface area contributed by atoms with E-state index in [1.807, 2.05) is 18.2 Å². The maximum absolute atomic E-state index is 12.3. The van der Waals surface area contributed by atoms with Gasteiger partial charge in [0.1, 0.15) is 11.5 Å². The zero-order chi connectivity index (χ0) is 18.3. The zero-order valence-electron chi connectivity index (χ0n) is 13.1. The van der Waals surface area contributed by atoms with Gasteiger partial charge in [0.25, 0.3) is 0 Å². The van der Waals surface area contributed by atoms with Gasteiger partial charge in [-0.05, 0) is 35.7 Å². The van der Waals surface area contributed by atoms with Gasteiger partial charge in [0.2, 0.25) is 5.95 Å². The van der Waals surface area contributed by atoms with Crippen LogP contribution in [0.4, 0.5) is 24.8 Å². The number of fused-ring (bicyclic) bond motifs is 2. The summed E-state index contributed by atoms with van der Waals surface area (Å²) in [6.07, 6.45) is -4.75. The molecule has 3 aromatic carbocycles. The second-order valence-electron chi connectivity index (χ2n) is 5.65. The maximum atomic E-state index is 12.3. The molecule has 4 rings (SSSR count). The van der Waals surface area contributed by atoms with Crippen molar-refractivity contribution in [3.8, 4) is 11.5 Å². The van der Waals surface area contributed by atoms with Gasteiger partial charge in [-0.15, -0.1) is 13.2 Å². The molecule has 4 aromatic rings. The first kappa shape index (κ1) is 16.1. The van der Waals surface area contributed by atoms with Crippen LogP contribution in [-0.4, -0.2) is 21.4 Å². The topological polar surface area (TPSA) is 70.2 Å². The first-order valence-corrected chi connectivity index (χ1v) is 7.62. The van der Waals surface area contributed by atoms with Crippen LogP contribution < -0.4 is 10.1 Å². The number of H-pyrrole nitrogens is 1. The lowest BCUT2D eigenvalue weighted by Gasteiger charge is -2.08. The molecule has 0 aliphatic heterocycles. The molecule has 5 nitrogen and oxygen atoms in total. The molecular weight excluding hydrogens is 347 g/mol. The molecule has 0 unspecified atom stereocenters. The molecule has 1 aromatic heterocycles. The Morgan fingerprint density at radius 3 is 2.69 bits per heavy atom. The van der Waals surface area contributed by atoms with Crippen LogP contribution in [0.3, 0.4) is 0 Å². The minimum atomic E-state index is -4.75. The average molecular weight is 359 g/mol. The number of anilines is 2. The Balaban J connectivity index is 1.69. The second-order valence-corrected chi connectivity index (χ2v) is 5.65. The number of imidazole rings is 1. The molecule has 132 valence electrons. The smallest absolute Gasteiger partial charge is 0.508 e. The molecule has 8 heteroatoms. The highest BCUT2D eigenvalue weighted by Gasteiger charge is 2.31. The quantitative estimate of drug-likeness (QED) is 0.478. The summed E-state index contributed by atoms with van der Waals surface area (Å²) in [5.41, 5.74) is 1.59. The Hall–Kier alpha value is -3.42. The number of phenolic OH excluding ortho intramolecular Hbond substituents is 1. The molecule has 0 bridgehead atoms. The van der Waals surface area contributed by atoms with Crippen molar-refractivity contribution in [2.45, 2.75) is 6.36 Å². The monoisotopic (exact) mass is 359 g/mol. The first-order valence-electron chi connectivity index (χ1n) is 7.62. The largest absolute Gasteiger partial charge is 0.573 e. The fourth-order valence-electron chi connectivity index (χ4n) is 2.74. The Morgan fingerprint density at radius 2 is 1.88 bits per heavy atom. The Kier molecular flexibility index (Phi) is 3.61. The van der Waals surface area contributed by atoms with E-state index in [1.165, 1.54) is 18.2 Å². The number of aromatic amines is 1. The van der Waals surface area contributed by atoms with Crippen molar-refractivity contribution in [1.82, 2.24) is 9.97 Å². The van der Waals surface area contributed by atoms with E-state index >= 15 is 0 Å². The molecule has 3 N–H and O–H groups in total. The van der Waals surface area contributed by atoms with Gasteiger partial charge < -0.3 is 20.1 Å². The van der Waals surface area contributed by atoms with Crippen molar-refractivity contribution in [3.05, 3.63) is 54.6 Å². The number of aromatic hydroxyl groups is 1. The van der Waals surface area contributed by atoms with Crippen LogP contribution in [0.2, 0.25) is 0 Å². The van der Waals surface area contributed by atoms with Gasteiger partial charge in [0.05, 0.1) is 11.0 Å². The number of halogens is 3. The molecule has 0 amide bonds. The van der Waals surface area contributed by atoms with Gasteiger partial charge in [-0.2, -0.15) is 0 Å². The number of nitrogens with zero attached hydrogens (tertiary/aromatic N) is 1. The van der Waals surface area contributed by atoms with E-state index in [9.17, 15) is 18.3 Å². The third-order valence-corrected chi connectivity index (χ3v) is 3.81. The molecule has 0 saturated heterocycles. The summed E-state index contributed by atoms with van der Waals surface area (Å²) < 4.78 is 40.9. The minimum absolute atomic E-state index is 0.130. The lowest BCUT2D eigenvalue weighted by Crippen LogP contribution is -2.16. The predicted octanol–water partition coefficient (Wildman–Crippen LogP) is 5.06. The summed E-state index contributed by atoms with van der Waals surface area (Å²) in [4.78, 5) is 7.23. The van der Waals surface area contributed by atoms with Crippen molar-refractivity contribution in [1.29, 1.82) is 0 Å². The van der Waals surface area contributed by atoms with E-state index in [2.05, 4.69) is 20.0 Å².